The molecule has 8 heteroatoms. The molecular weight excluding hydrogens is 376 g/mol. The zero-order chi connectivity index (χ0) is 21.8. The Labute approximate surface area is 169 Å². The van der Waals surface area contributed by atoms with Crippen LogP contribution in [0.5, 0.6) is 0 Å². The summed E-state index contributed by atoms with van der Waals surface area (Å²) in [4.78, 5) is 41.2. The van der Waals surface area contributed by atoms with Crippen molar-refractivity contribution in [1.82, 2.24) is 9.55 Å². The zero-order valence-corrected chi connectivity index (χ0v) is 17.4. The third-order valence-corrected chi connectivity index (χ3v) is 4.08. The minimum absolute atomic E-state index is 0.0161. The van der Waals surface area contributed by atoms with Crippen LogP contribution in [-0.4, -0.2) is 46.9 Å². The highest BCUT2D eigenvalue weighted by Gasteiger charge is 2.28. The summed E-state index contributed by atoms with van der Waals surface area (Å²) in [5, 5.41) is 0.578. The smallest absolute Gasteiger partial charge is 0.420 e. The van der Waals surface area contributed by atoms with Crippen molar-refractivity contribution in [3.05, 3.63) is 42.2 Å². The average molecular weight is 402 g/mol. The molecular formula is C21H26N2O6. The predicted molar refractivity (Wildman–Crippen MR) is 107 cm³/mol. The van der Waals surface area contributed by atoms with E-state index >= 15 is 0 Å². The van der Waals surface area contributed by atoms with E-state index in [0.717, 1.165) is 0 Å². The standard InChI is InChI=1S/C21H26N2O6/c1-7-28-19(25)16(12-13(2)18(24)27-6)14-8-10-22-17-15(14)9-11-23(17)20(26)29-21(3,4)5/h8-11,16H,2,7,12H2,1,3-6H3. The Kier molecular flexibility index (Phi) is 6.79. The maximum atomic E-state index is 12.6. The van der Waals surface area contributed by atoms with Gasteiger partial charge in [-0.2, -0.15) is 0 Å². The molecule has 2 aromatic rings. The molecule has 0 aliphatic carbocycles. The SMILES string of the molecule is C=C(CC(C(=O)OCC)c1ccnc2c1ccn2C(=O)OC(C)(C)C)C(=O)OC. The molecule has 0 spiro atoms. The van der Waals surface area contributed by atoms with E-state index in [2.05, 4.69) is 16.3 Å². The van der Waals surface area contributed by atoms with Gasteiger partial charge in [0.25, 0.3) is 0 Å². The zero-order valence-electron chi connectivity index (χ0n) is 17.4. The molecule has 0 radical (unpaired) electrons. The Hall–Kier alpha value is -3.16. The summed E-state index contributed by atoms with van der Waals surface area (Å²) in [6.45, 7) is 10.9. The van der Waals surface area contributed by atoms with E-state index in [1.165, 1.54) is 24.1 Å². The van der Waals surface area contributed by atoms with Gasteiger partial charge < -0.3 is 14.2 Å². The van der Waals surface area contributed by atoms with E-state index in [-0.39, 0.29) is 18.6 Å². The number of carbonyl (C=O) groups is 3. The van der Waals surface area contributed by atoms with E-state index in [1.54, 1.807) is 39.8 Å². The summed E-state index contributed by atoms with van der Waals surface area (Å²) in [6, 6.07) is 3.34. The molecule has 0 saturated carbocycles. The van der Waals surface area contributed by atoms with Crippen molar-refractivity contribution in [3.8, 4) is 0 Å². The van der Waals surface area contributed by atoms with Crippen LogP contribution in [0.25, 0.3) is 11.0 Å². The fourth-order valence-corrected chi connectivity index (χ4v) is 2.86. The molecule has 1 unspecified atom stereocenters. The lowest BCUT2D eigenvalue weighted by Crippen LogP contribution is -2.27. The van der Waals surface area contributed by atoms with Crippen molar-refractivity contribution >= 4 is 29.1 Å². The number of rotatable bonds is 6. The van der Waals surface area contributed by atoms with Crippen molar-refractivity contribution in [2.45, 2.75) is 45.6 Å². The second kappa shape index (κ2) is 8.89. The van der Waals surface area contributed by atoms with Gasteiger partial charge >= 0.3 is 18.0 Å². The summed E-state index contributed by atoms with van der Waals surface area (Å²) >= 11 is 0. The highest BCUT2D eigenvalue weighted by molar-refractivity contribution is 5.94. The Bertz CT molecular complexity index is 938. The van der Waals surface area contributed by atoms with Gasteiger partial charge in [-0.05, 0) is 51.8 Å². The van der Waals surface area contributed by atoms with Crippen LogP contribution in [0.15, 0.2) is 36.7 Å². The third kappa shape index (κ3) is 5.22. The second-order valence-corrected chi connectivity index (χ2v) is 7.41. The van der Waals surface area contributed by atoms with E-state index in [0.29, 0.717) is 16.6 Å². The number of hydrogen-bond acceptors (Lipinski definition) is 7. The van der Waals surface area contributed by atoms with Crippen LogP contribution in [-0.2, 0) is 23.8 Å². The summed E-state index contributed by atoms with van der Waals surface area (Å²) in [6.07, 6.45) is 2.46. The maximum Gasteiger partial charge on any atom is 0.420 e. The van der Waals surface area contributed by atoms with Gasteiger partial charge in [0.15, 0.2) is 0 Å². The van der Waals surface area contributed by atoms with E-state index in [9.17, 15) is 14.4 Å². The Balaban J connectivity index is 2.50. The molecule has 29 heavy (non-hydrogen) atoms. The van der Waals surface area contributed by atoms with Gasteiger partial charge in [0.2, 0.25) is 0 Å². The molecule has 1 atom stereocenters. The van der Waals surface area contributed by atoms with Crippen LogP contribution in [0, 0.1) is 0 Å². The maximum absolute atomic E-state index is 12.6. The largest absolute Gasteiger partial charge is 0.466 e. The Morgan fingerprint density at radius 3 is 2.52 bits per heavy atom. The Morgan fingerprint density at radius 2 is 1.93 bits per heavy atom. The molecule has 0 amide bonds. The normalized spacial score (nSPS) is 12.3. The molecule has 8 nitrogen and oxygen atoms in total. The van der Waals surface area contributed by atoms with Gasteiger partial charge in [0.1, 0.15) is 11.2 Å². The number of ether oxygens (including phenoxy) is 3. The molecule has 2 aromatic heterocycles. The molecule has 0 aromatic carbocycles. The molecule has 0 saturated heterocycles. The summed E-state index contributed by atoms with van der Waals surface area (Å²) in [5.41, 5.74) is 0.384. The quantitative estimate of drug-likeness (QED) is 0.414. The van der Waals surface area contributed by atoms with Crippen molar-refractivity contribution in [1.29, 1.82) is 0 Å². The molecule has 0 bridgehead atoms. The molecule has 0 N–H and O–H groups in total. The topological polar surface area (TPSA) is 96.7 Å². The van der Waals surface area contributed by atoms with E-state index < -0.39 is 29.6 Å². The number of hydrogen-bond donors (Lipinski definition) is 0. The van der Waals surface area contributed by atoms with Crippen molar-refractivity contribution in [2.75, 3.05) is 13.7 Å². The second-order valence-electron chi connectivity index (χ2n) is 7.41. The molecule has 2 rings (SSSR count). The number of aromatic nitrogens is 2. The molecule has 2 heterocycles. The average Bonchev–Trinajstić information content (AvgIpc) is 3.08. The highest BCUT2D eigenvalue weighted by atomic mass is 16.6. The van der Waals surface area contributed by atoms with Crippen molar-refractivity contribution < 1.29 is 28.6 Å². The first-order chi connectivity index (χ1) is 13.6. The fourth-order valence-electron chi connectivity index (χ4n) is 2.86. The lowest BCUT2D eigenvalue weighted by atomic mass is 9.91. The van der Waals surface area contributed by atoms with Crippen molar-refractivity contribution in [2.24, 2.45) is 0 Å². The first kappa shape index (κ1) is 22.1. The van der Waals surface area contributed by atoms with Crippen LogP contribution < -0.4 is 0 Å². The minimum atomic E-state index is -0.804. The highest BCUT2D eigenvalue weighted by Crippen LogP contribution is 2.31. The van der Waals surface area contributed by atoms with Crippen LogP contribution in [0.4, 0.5) is 4.79 Å². The van der Waals surface area contributed by atoms with E-state index in [1.807, 2.05) is 0 Å². The van der Waals surface area contributed by atoms with Crippen LogP contribution in [0.3, 0.4) is 0 Å². The number of methoxy groups -OCH3 is 1. The monoisotopic (exact) mass is 402 g/mol. The fraction of sp³-hybridized carbons (Fsp3) is 0.429. The molecule has 0 fully saturated rings. The molecule has 0 aliphatic rings. The lowest BCUT2D eigenvalue weighted by Gasteiger charge is -2.20. The molecule has 0 aliphatic heterocycles. The van der Waals surface area contributed by atoms with Gasteiger partial charge in [-0.25, -0.2) is 19.1 Å². The van der Waals surface area contributed by atoms with Gasteiger partial charge in [-0.3, -0.25) is 4.79 Å². The van der Waals surface area contributed by atoms with Crippen LogP contribution >= 0.6 is 0 Å². The third-order valence-electron chi connectivity index (χ3n) is 4.08. The summed E-state index contributed by atoms with van der Waals surface area (Å²) in [7, 11) is 1.25. The lowest BCUT2D eigenvalue weighted by molar-refractivity contribution is -0.145. The first-order valence-corrected chi connectivity index (χ1v) is 9.21. The summed E-state index contributed by atoms with van der Waals surface area (Å²) in [5.74, 6) is -1.91. The summed E-state index contributed by atoms with van der Waals surface area (Å²) < 4.78 is 16.6. The first-order valence-electron chi connectivity index (χ1n) is 9.21. The van der Waals surface area contributed by atoms with Gasteiger partial charge in [-0.1, -0.05) is 6.58 Å². The van der Waals surface area contributed by atoms with Gasteiger partial charge in [-0.15, -0.1) is 0 Å². The van der Waals surface area contributed by atoms with Crippen LogP contribution in [0.2, 0.25) is 0 Å². The molecule has 156 valence electrons. The Morgan fingerprint density at radius 1 is 1.24 bits per heavy atom. The van der Waals surface area contributed by atoms with Crippen molar-refractivity contribution in [3.63, 3.8) is 0 Å². The number of pyridine rings is 1. The number of carbonyl (C=O) groups excluding carboxylic acids is 3. The number of nitrogens with zero attached hydrogens (tertiary/aromatic N) is 2. The van der Waals surface area contributed by atoms with E-state index in [4.69, 9.17) is 9.47 Å². The number of esters is 2. The van der Waals surface area contributed by atoms with Crippen LogP contribution in [0.1, 0.15) is 45.6 Å². The minimum Gasteiger partial charge on any atom is -0.466 e. The predicted octanol–water partition coefficient (Wildman–Crippen LogP) is 3.59. The number of fused-ring (bicyclic) bond motifs is 1. The van der Waals surface area contributed by atoms with Gasteiger partial charge in [0.05, 0.1) is 19.6 Å². The van der Waals surface area contributed by atoms with Gasteiger partial charge in [0, 0.05) is 23.4 Å².